The number of benzene rings is 1. The highest BCUT2D eigenvalue weighted by atomic mass is 19.2. The van der Waals surface area contributed by atoms with Crippen LogP contribution in [0.3, 0.4) is 0 Å². The largest absolute Gasteiger partial charge is 0.215 e. The van der Waals surface area contributed by atoms with Crippen LogP contribution in [-0.4, -0.2) is 15.0 Å². The first-order valence-electron chi connectivity index (χ1n) is 3.92. The lowest BCUT2D eigenvalue weighted by atomic mass is 10.2. The molecule has 2 aromatic rings. The second-order valence-electron chi connectivity index (χ2n) is 2.77. The molecular weight excluding hydrogens is 233 g/mol. The molecule has 0 unspecified atom stereocenters. The molecule has 84 valence electrons. The quantitative estimate of drug-likeness (QED) is 0.429. The summed E-state index contributed by atoms with van der Waals surface area (Å²) in [5, 5.41) is 6.35. The topological polar surface area (TPSA) is 30.7 Å². The molecule has 0 spiro atoms. The molecular formula is C8H2F5N3. The van der Waals surface area contributed by atoms with E-state index in [2.05, 4.69) is 10.3 Å². The van der Waals surface area contributed by atoms with Crippen molar-refractivity contribution >= 4 is 0 Å². The molecule has 0 saturated carbocycles. The van der Waals surface area contributed by atoms with E-state index >= 15 is 0 Å². The van der Waals surface area contributed by atoms with Gasteiger partial charge in [0.05, 0.1) is 12.4 Å². The van der Waals surface area contributed by atoms with Crippen LogP contribution in [0.1, 0.15) is 0 Å². The molecule has 2 rings (SSSR count). The highest BCUT2D eigenvalue weighted by Gasteiger charge is 2.27. The van der Waals surface area contributed by atoms with E-state index in [9.17, 15) is 22.0 Å². The van der Waals surface area contributed by atoms with Crippen molar-refractivity contribution in [2.24, 2.45) is 0 Å². The summed E-state index contributed by atoms with van der Waals surface area (Å²) in [5.41, 5.74) is -1.16. The third kappa shape index (κ3) is 1.34. The van der Waals surface area contributed by atoms with E-state index in [1.165, 1.54) is 0 Å². The molecule has 0 amide bonds. The van der Waals surface area contributed by atoms with Gasteiger partial charge in [-0.15, -0.1) is 5.10 Å². The van der Waals surface area contributed by atoms with Gasteiger partial charge in [0.25, 0.3) is 0 Å². The Labute approximate surface area is 85.1 Å². The fraction of sp³-hybridized carbons (Fsp3) is 0. The van der Waals surface area contributed by atoms with Gasteiger partial charge in [-0.25, -0.2) is 26.6 Å². The SMILES string of the molecule is Fc1c(F)c(F)c(-n2ccnn2)c(F)c1F. The normalized spacial score (nSPS) is 10.8. The lowest BCUT2D eigenvalue weighted by Gasteiger charge is -2.06. The molecule has 0 fully saturated rings. The molecule has 1 aromatic heterocycles. The minimum Gasteiger partial charge on any atom is -0.215 e. The van der Waals surface area contributed by atoms with E-state index in [1.54, 1.807) is 0 Å². The summed E-state index contributed by atoms with van der Waals surface area (Å²) in [6.45, 7) is 0. The molecule has 0 saturated heterocycles. The average molecular weight is 235 g/mol. The summed E-state index contributed by atoms with van der Waals surface area (Å²) in [6, 6.07) is 0. The number of hydrogen-bond donors (Lipinski definition) is 0. The van der Waals surface area contributed by atoms with E-state index < -0.39 is 34.8 Å². The van der Waals surface area contributed by atoms with Crippen molar-refractivity contribution in [1.82, 2.24) is 15.0 Å². The highest BCUT2D eigenvalue weighted by Crippen LogP contribution is 2.25. The predicted molar refractivity (Wildman–Crippen MR) is 41.1 cm³/mol. The first-order chi connectivity index (χ1) is 7.54. The first kappa shape index (κ1) is 10.5. The van der Waals surface area contributed by atoms with Crippen molar-refractivity contribution in [1.29, 1.82) is 0 Å². The molecule has 16 heavy (non-hydrogen) atoms. The first-order valence-corrected chi connectivity index (χ1v) is 3.92. The van der Waals surface area contributed by atoms with Gasteiger partial charge < -0.3 is 0 Å². The maximum absolute atomic E-state index is 13.2. The molecule has 0 bridgehead atoms. The van der Waals surface area contributed by atoms with E-state index in [0.717, 1.165) is 12.4 Å². The van der Waals surface area contributed by atoms with Crippen LogP contribution in [0.2, 0.25) is 0 Å². The van der Waals surface area contributed by atoms with Crippen LogP contribution in [0.15, 0.2) is 12.4 Å². The van der Waals surface area contributed by atoms with Gasteiger partial charge >= 0.3 is 0 Å². The molecule has 0 aliphatic rings. The van der Waals surface area contributed by atoms with Gasteiger partial charge in [0.2, 0.25) is 5.82 Å². The van der Waals surface area contributed by atoms with Gasteiger partial charge in [-0.1, -0.05) is 5.21 Å². The molecule has 1 aromatic carbocycles. The van der Waals surface area contributed by atoms with Gasteiger partial charge in [-0.3, -0.25) is 0 Å². The molecule has 8 heteroatoms. The second-order valence-corrected chi connectivity index (χ2v) is 2.77. The number of rotatable bonds is 1. The zero-order chi connectivity index (χ0) is 11.9. The Morgan fingerprint density at radius 1 is 0.812 bits per heavy atom. The smallest absolute Gasteiger partial charge is 0.200 e. The second kappa shape index (κ2) is 3.54. The lowest BCUT2D eigenvalue weighted by Crippen LogP contribution is -2.10. The minimum absolute atomic E-state index is 0.455. The number of aromatic nitrogens is 3. The Balaban J connectivity index is 2.81. The van der Waals surface area contributed by atoms with Crippen LogP contribution in [0.4, 0.5) is 22.0 Å². The summed E-state index contributed by atoms with van der Waals surface area (Å²) >= 11 is 0. The third-order valence-corrected chi connectivity index (χ3v) is 1.84. The number of halogens is 5. The Morgan fingerprint density at radius 3 is 1.75 bits per heavy atom. The third-order valence-electron chi connectivity index (χ3n) is 1.84. The zero-order valence-corrected chi connectivity index (χ0v) is 7.39. The summed E-state index contributed by atoms with van der Waals surface area (Å²) in [4.78, 5) is 0. The van der Waals surface area contributed by atoms with Crippen molar-refractivity contribution in [2.75, 3.05) is 0 Å². The van der Waals surface area contributed by atoms with Crippen LogP contribution in [0.5, 0.6) is 0 Å². The maximum Gasteiger partial charge on any atom is 0.200 e. The minimum atomic E-state index is -2.21. The standard InChI is InChI=1S/C8H2F5N3/c9-3-4(10)6(12)8(7(13)5(3)11)16-2-1-14-15-16/h1-2H. The van der Waals surface area contributed by atoms with E-state index in [1.807, 2.05) is 0 Å². The summed E-state index contributed by atoms with van der Waals surface area (Å²) < 4.78 is 65.0. The van der Waals surface area contributed by atoms with Crippen LogP contribution in [0, 0.1) is 29.1 Å². The van der Waals surface area contributed by atoms with Crippen LogP contribution < -0.4 is 0 Å². The fourth-order valence-corrected chi connectivity index (χ4v) is 1.12. The van der Waals surface area contributed by atoms with E-state index in [4.69, 9.17) is 0 Å². The van der Waals surface area contributed by atoms with Crippen molar-refractivity contribution in [3.05, 3.63) is 41.5 Å². The summed E-state index contributed by atoms with van der Waals surface area (Å²) in [5.74, 6) is -10.2. The predicted octanol–water partition coefficient (Wildman–Crippen LogP) is 1.96. The Morgan fingerprint density at radius 2 is 1.31 bits per heavy atom. The van der Waals surface area contributed by atoms with Crippen molar-refractivity contribution < 1.29 is 22.0 Å². The van der Waals surface area contributed by atoms with Gasteiger partial charge in [0, 0.05) is 0 Å². The molecule has 0 aliphatic carbocycles. The van der Waals surface area contributed by atoms with Crippen molar-refractivity contribution in [2.45, 2.75) is 0 Å². The van der Waals surface area contributed by atoms with Gasteiger partial charge in [0.15, 0.2) is 23.3 Å². The number of nitrogens with zero attached hydrogens (tertiary/aromatic N) is 3. The van der Waals surface area contributed by atoms with Gasteiger partial charge in [-0.2, -0.15) is 0 Å². The van der Waals surface area contributed by atoms with E-state index in [-0.39, 0.29) is 0 Å². The molecule has 0 aliphatic heterocycles. The van der Waals surface area contributed by atoms with Gasteiger partial charge in [-0.05, 0) is 0 Å². The van der Waals surface area contributed by atoms with Crippen LogP contribution in [-0.2, 0) is 0 Å². The number of hydrogen-bond acceptors (Lipinski definition) is 2. The Kier molecular flexibility index (Phi) is 2.33. The van der Waals surface area contributed by atoms with Crippen LogP contribution >= 0.6 is 0 Å². The molecule has 0 radical (unpaired) electrons. The molecule has 0 N–H and O–H groups in total. The molecule has 1 heterocycles. The molecule has 3 nitrogen and oxygen atoms in total. The van der Waals surface area contributed by atoms with Crippen molar-refractivity contribution in [3.63, 3.8) is 0 Å². The lowest BCUT2D eigenvalue weighted by molar-refractivity contribution is 0.373. The fourth-order valence-electron chi connectivity index (χ4n) is 1.12. The monoisotopic (exact) mass is 235 g/mol. The van der Waals surface area contributed by atoms with Crippen molar-refractivity contribution in [3.8, 4) is 5.69 Å². The average Bonchev–Trinajstić information content (AvgIpc) is 2.77. The zero-order valence-electron chi connectivity index (χ0n) is 7.39. The summed E-state index contributed by atoms with van der Waals surface area (Å²) in [6.07, 6.45) is 2.00. The van der Waals surface area contributed by atoms with Gasteiger partial charge in [0.1, 0.15) is 5.69 Å². The highest BCUT2D eigenvalue weighted by molar-refractivity contribution is 5.36. The summed E-state index contributed by atoms with van der Waals surface area (Å²) in [7, 11) is 0. The molecule has 0 atom stereocenters. The Hall–Kier alpha value is -1.99. The van der Waals surface area contributed by atoms with E-state index in [0.29, 0.717) is 4.68 Å². The van der Waals surface area contributed by atoms with Crippen LogP contribution in [0.25, 0.3) is 5.69 Å². The Bertz CT molecular complexity index is 508. The maximum atomic E-state index is 13.2.